The van der Waals surface area contributed by atoms with E-state index in [4.69, 9.17) is 0 Å². The molecule has 7 nitrogen and oxygen atoms in total. The van der Waals surface area contributed by atoms with Crippen molar-refractivity contribution >= 4 is 32.9 Å². The number of phenols is 1. The highest BCUT2D eigenvalue weighted by Crippen LogP contribution is 2.43. The third kappa shape index (κ3) is 3.10. The number of carbonyl (C=O) groups is 2. The molecule has 0 aliphatic carbocycles. The highest BCUT2D eigenvalue weighted by Gasteiger charge is 2.49. The summed E-state index contributed by atoms with van der Waals surface area (Å²) < 4.78 is 23.9. The van der Waals surface area contributed by atoms with Gasteiger partial charge in [0, 0.05) is 6.04 Å². The number of amides is 1. The van der Waals surface area contributed by atoms with E-state index in [1.54, 1.807) is 29.6 Å². The quantitative estimate of drug-likeness (QED) is 0.735. The van der Waals surface area contributed by atoms with Crippen LogP contribution in [0, 0.1) is 0 Å². The number of hydrogen-bond acceptors (Lipinski definition) is 7. The van der Waals surface area contributed by atoms with Crippen LogP contribution in [0.25, 0.3) is 0 Å². The van der Waals surface area contributed by atoms with E-state index in [1.807, 2.05) is 0 Å². The first-order valence-electron chi connectivity index (χ1n) is 8.62. The Balaban J connectivity index is 1.84. The average molecular weight is 419 g/mol. The van der Waals surface area contributed by atoms with Crippen LogP contribution in [0.5, 0.6) is 5.75 Å². The Morgan fingerprint density at radius 3 is 2.57 bits per heavy atom. The minimum atomic E-state index is -3.29. The second-order valence-corrected chi connectivity index (χ2v) is 10.0. The van der Waals surface area contributed by atoms with Crippen molar-refractivity contribution < 1.29 is 28.2 Å². The second-order valence-electron chi connectivity index (χ2n) is 6.84. The maximum absolute atomic E-state index is 13.1. The zero-order valence-electron chi connectivity index (χ0n) is 14.6. The summed E-state index contributed by atoms with van der Waals surface area (Å²) in [5.41, 5.74) is 0.337. The molecule has 28 heavy (non-hydrogen) atoms. The number of aliphatic hydroxyl groups excluding tert-OH is 1. The van der Waals surface area contributed by atoms with E-state index in [1.165, 1.54) is 28.4 Å². The summed E-state index contributed by atoms with van der Waals surface area (Å²) in [6.07, 6.45) is 0.233. The van der Waals surface area contributed by atoms with Crippen molar-refractivity contribution in [2.75, 3.05) is 11.5 Å². The van der Waals surface area contributed by atoms with Crippen molar-refractivity contribution in [1.29, 1.82) is 0 Å². The van der Waals surface area contributed by atoms with Crippen molar-refractivity contribution in [3.05, 3.63) is 63.6 Å². The Morgan fingerprint density at radius 2 is 1.96 bits per heavy atom. The first-order chi connectivity index (χ1) is 13.3. The van der Waals surface area contributed by atoms with Gasteiger partial charge in [-0.15, -0.1) is 11.3 Å². The van der Waals surface area contributed by atoms with E-state index in [9.17, 15) is 28.2 Å². The van der Waals surface area contributed by atoms with E-state index in [0.29, 0.717) is 10.4 Å². The molecule has 1 saturated heterocycles. The van der Waals surface area contributed by atoms with Crippen LogP contribution < -0.4 is 0 Å². The summed E-state index contributed by atoms with van der Waals surface area (Å²) in [6.45, 7) is 0. The molecule has 146 valence electrons. The molecule has 1 aromatic carbocycles. The molecule has 2 N–H and O–H groups in total. The summed E-state index contributed by atoms with van der Waals surface area (Å²) >= 11 is 1.18. The van der Waals surface area contributed by atoms with Crippen molar-refractivity contribution in [2.45, 2.75) is 18.5 Å². The molecule has 0 spiro atoms. The van der Waals surface area contributed by atoms with E-state index < -0.39 is 39.4 Å². The third-order valence-corrected chi connectivity index (χ3v) is 7.64. The number of sulfone groups is 1. The van der Waals surface area contributed by atoms with Gasteiger partial charge in [0.25, 0.3) is 5.91 Å². The number of benzene rings is 1. The lowest BCUT2D eigenvalue weighted by Gasteiger charge is -2.31. The van der Waals surface area contributed by atoms with Gasteiger partial charge in [-0.3, -0.25) is 9.59 Å². The van der Waals surface area contributed by atoms with Gasteiger partial charge in [-0.05, 0) is 35.6 Å². The van der Waals surface area contributed by atoms with Crippen molar-refractivity contribution in [3.8, 4) is 5.75 Å². The third-order valence-electron chi connectivity index (χ3n) is 5.02. The Hall–Kier alpha value is -2.65. The van der Waals surface area contributed by atoms with Gasteiger partial charge in [-0.2, -0.15) is 0 Å². The lowest BCUT2D eigenvalue weighted by molar-refractivity contribution is -0.131. The lowest BCUT2D eigenvalue weighted by atomic mass is 9.94. The summed E-state index contributed by atoms with van der Waals surface area (Å²) in [4.78, 5) is 27.6. The van der Waals surface area contributed by atoms with Gasteiger partial charge >= 0.3 is 0 Å². The van der Waals surface area contributed by atoms with Crippen LogP contribution in [0.4, 0.5) is 0 Å². The van der Waals surface area contributed by atoms with Gasteiger partial charge in [0.1, 0.15) is 5.75 Å². The van der Waals surface area contributed by atoms with Gasteiger partial charge in [-0.25, -0.2) is 8.42 Å². The van der Waals surface area contributed by atoms with Crippen molar-refractivity contribution in [1.82, 2.24) is 4.90 Å². The number of hydrogen-bond donors (Lipinski definition) is 2. The summed E-state index contributed by atoms with van der Waals surface area (Å²) in [5.74, 6) is -2.26. The van der Waals surface area contributed by atoms with Gasteiger partial charge in [0.15, 0.2) is 15.6 Å². The molecule has 9 heteroatoms. The largest absolute Gasteiger partial charge is 0.508 e. The zero-order chi connectivity index (χ0) is 20.1. The van der Waals surface area contributed by atoms with Crippen LogP contribution in [-0.2, 0) is 14.6 Å². The predicted molar refractivity (Wildman–Crippen MR) is 103 cm³/mol. The molecular weight excluding hydrogens is 402 g/mol. The molecule has 0 radical (unpaired) electrons. The Labute approximate surface area is 165 Å². The Morgan fingerprint density at radius 1 is 1.18 bits per heavy atom. The maximum atomic E-state index is 13.1. The summed E-state index contributed by atoms with van der Waals surface area (Å²) in [7, 11) is -3.29. The topological polar surface area (TPSA) is 112 Å². The molecule has 1 aromatic heterocycles. The average Bonchev–Trinajstić information content (AvgIpc) is 3.34. The number of aliphatic hydroxyl groups is 1. The molecule has 2 atom stereocenters. The fourth-order valence-corrected chi connectivity index (χ4v) is 6.18. The van der Waals surface area contributed by atoms with Crippen molar-refractivity contribution in [3.63, 3.8) is 0 Å². The SMILES string of the molecule is O=C(C1=C(O)C(=O)N([C@@H]2CCS(=O)(=O)C2)[C@H]1c1cccc(O)c1)c1cccs1. The lowest BCUT2D eigenvalue weighted by Crippen LogP contribution is -2.41. The molecule has 0 unspecified atom stereocenters. The van der Waals surface area contributed by atoms with E-state index >= 15 is 0 Å². The number of thiophene rings is 1. The van der Waals surface area contributed by atoms with Crippen molar-refractivity contribution in [2.24, 2.45) is 0 Å². The van der Waals surface area contributed by atoms with Crippen LogP contribution in [0.1, 0.15) is 27.7 Å². The Kier molecular flexibility index (Phi) is 4.51. The number of nitrogens with zero attached hydrogens (tertiary/aromatic N) is 1. The van der Waals surface area contributed by atoms with Gasteiger partial charge < -0.3 is 15.1 Å². The molecule has 2 aromatic rings. The number of phenolic OH excluding ortho intramolecular Hbond substituents is 1. The predicted octanol–water partition coefficient (Wildman–Crippen LogP) is 2.22. The Bertz CT molecular complexity index is 1090. The van der Waals surface area contributed by atoms with Crippen LogP contribution in [-0.4, -0.2) is 52.8 Å². The molecule has 1 fully saturated rings. The van der Waals surface area contributed by atoms with Crippen LogP contribution >= 0.6 is 11.3 Å². The minimum Gasteiger partial charge on any atom is -0.508 e. The number of rotatable bonds is 4. The molecule has 1 amide bonds. The molecule has 2 aliphatic heterocycles. The number of ketones is 1. The summed E-state index contributed by atoms with van der Waals surface area (Å²) in [5, 5.41) is 22.2. The monoisotopic (exact) mass is 419 g/mol. The van der Waals surface area contributed by atoms with Gasteiger partial charge in [0.2, 0.25) is 5.78 Å². The fraction of sp³-hybridized carbons (Fsp3) is 0.263. The standard InChI is InChI=1S/C19H17NO6S2/c21-13-4-1-3-11(9-13)16-15(17(22)14-5-2-7-27-14)18(23)19(24)20(16)12-6-8-28(25,26)10-12/h1-5,7,9,12,16,21,23H,6,8,10H2/t12-,16+/m1/s1. The molecule has 0 bridgehead atoms. The van der Waals surface area contributed by atoms with E-state index in [0.717, 1.165) is 0 Å². The van der Waals surface area contributed by atoms with Gasteiger partial charge in [-0.1, -0.05) is 18.2 Å². The molecule has 4 rings (SSSR count). The van der Waals surface area contributed by atoms with E-state index in [-0.39, 0.29) is 29.2 Å². The second kappa shape index (κ2) is 6.75. The minimum absolute atomic E-state index is 0.0524. The molecule has 2 aliphatic rings. The first-order valence-corrected chi connectivity index (χ1v) is 11.3. The van der Waals surface area contributed by atoms with Crippen LogP contribution in [0.2, 0.25) is 0 Å². The zero-order valence-corrected chi connectivity index (χ0v) is 16.2. The van der Waals surface area contributed by atoms with E-state index in [2.05, 4.69) is 0 Å². The smallest absolute Gasteiger partial charge is 0.290 e. The summed E-state index contributed by atoms with van der Waals surface area (Å²) in [6, 6.07) is 7.74. The number of Topliss-reactive ketones (excluding diaryl/α,β-unsaturated/α-hetero) is 1. The van der Waals surface area contributed by atoms with Gasteiger partial charge in [0.05, 0.1) is 28.0 Å². The molecule has 3 heterocycles. The first kappa shape index (κ1) is 18.7. The number of aromatic hydroxyl groups is 1. The van der Waals surface area contributed by atoms with Crippen LogP contribution in [0.3, 0.4) is 0 Å². The molecule has 0 saturated carbocycles. The molecular formula is C19H17NO6S2. The van der Waals surface area contributed by atoms with Crippen LogP contribution in [0.15, 0.2) is 53.1 Å². The fourth-order valence-electron chi connectivity index (χ4n) is 3.79. The maximum Gasteiger partial charge on any atom is 0.290 e. The highest BCUT2D eigenvalue weighted by molar-refractivity contribution is 7.91. The normalized spacial score (nSPS) is 24.1. The number of carbonyl (C=O) groups excluding carboxylic acids is 2. The highest BCUT2D eigenvalue weighted by atomic mass is 32.2.